The summed E-state index contributed by atoms with van der Waals surface area (Å²) in [5.74, 6) is 0.956. The van der Waals surface area contributed by atoms with Gasteiger partial charge in [0.15, 0.2) is 0 Å². The highest BCUT2D eigenvalue weighted by Gasteiger charge is 2.18. The Balaban J connectivity index is 0.000000514. The third kappa shape index (κ3) is 2.24. The lowest BCUT2D eigenvalue weighted by Crippen LogP contribution is -2.33. The average molecular weight is 230 g/mol. The molecule has 3 nitrogen and oxygen atoms in total. The Hall–Kier alpha value is -1.61. The van der Waals surface area contributed by atoms with E-state index >= 15 is 0 Å². The Morgan fingerprint density at radius 2 is 2.12 bits per heavy atom. The largest absolute Gasteiger partial charge is 0.492 e. The van der Waals surface area contributed by atoms with Crippen LogP contribution in [-0.2, 0) is 6.42 Å². The fraction of sp³-hybridized carbons (Fsp3) is 0.357. The fourth-order valence-corrected chi connectivity index (χ4v) is 2.06. The molecule has 0 amide bonds. The van der Waals surface area contributed by atoms with Crippen LogP contribution in [0.4, 0.5) is 0 Å². The number of hydrogen-bond acceptors (Lipinski definition) is 3. The summed E-state index contributed by atoms with van der Waals surface area (Å²) in [6.45, 7) is 4.61. The summed E-state index contributed by atoms with van der Waals surface area (Å²) in [5, 5.41) is 1.16. The Morgan fingerprint density at radius 3 is 2.94 bits per heavy atom. The van der Waals surface area contributed by atoms with Crippen LogP contribution in [0.25, 0.3) is 10.9 Å². The topological polar surface area (TPSA) is 48.1 Å². The van der Waals surface area contributed by atoms with Crippen LogP contribution in [0.15, 0.2) is 30.5 Å². The van der Waals surface area contributed by atoms with Crippen LogP contribution in [0.1, 0.15) is 19.4 Å². The van der Waals surface area contributed by atoms with E-state index < -0.39 is 0 Å². The van der Waals surface area contributed by atoms with Crippen LogP contribution in [0.3, 0.4) is 0 Å². The van der Waals surface area contributed by atoms with E-state index in [9.17, 15) is 0 Å². The van der Waals surface area contributed by atoms with Crippen LogP contribution in [0, 0.1) is 0 Å². The van der Waals surface area contributed by atoms with E-state index in [-0.39, 0.29) is 6.04 Å². The third-order valence-corrected chi connectivity index (χ3v) is 2.77. The number of benzene rings is 1. The summed E-state index contributed by atoms with van der Waals surface area (Å²) in [7, 11) is 0. The number of fused-ring (bicyclic) bond motifs is 3. The van der Waals surface area contributed by atoms with E-state index in [1.54, 1.807) is 6.20 Å². The monoisotopic (exact) mass is 230 g/mol. The highest BCUT2D eigenvalue weighted by atomic mass is 16.5. The van der Waals surface area contributed by atoms with Gasteiger partial charge in [0.2, 0.25) is 0 Å². The van der Waals surface area contributed by atoms with E-state index in [1.165, 1.54) is 5.56 Å². The summed E-state index contributed by atoms with van der Waals surface area (Å²) in [6.07, 6.45) is 2.68. The van der Waals surface area contributed by atoms with Gasteiger partial charge in [-0.3, -0.25) is 4.98 Å². The minimum absolute atomic E-state index is 0.100. The van der Waals surface area contributed by atoms with E-state index in [0.717, 1.165) is 23.1 Å². The second kappa shape index (κ2) is 5.15. The zero-order chi connectivity index (χ0) is 12.3. The molecule has 2 aromatic rings. The van der Waals surface area contributed by atoms with Gasteiger partial charge in [-0.2, -0.15) is 0 Å². The number of rotatable bonds is 0. The number of aromatic nitrogens is 1. The molecule has 17 heavy (non-hydrogen) atoms. The molecule has 90 valence electrons. The molecule has 0 bridgehead atoms. The second-order valence-corrected chi connectivity index (χ2v) is 3.89. The minimum atomic E-state index is 0.100. The van der Waals surface area contributed by atoms with Crippen molar-refractivity contribution in [3.8, 4) is 5.75 Å². The Morgan fingerprint density at radius 1 is 1.29 bits per heavy atom. The summed E-state index contributed by atoms with van der Waals surface area (Å²) >= 11 is 0. The summed E-state index contributed by atoms with van der Waals surface area (Å²) in [5.41, 5.74) is 8.10. The Kier molecular flexibility index (Phi) is 3.59. The molecule has 0 saturated heterocycles. The van der Waals surface area contributed by atoms with E-state index in [2.05, 4.69) is 11.1 Å². The van der Waals surface area contributed by atoms with Gasteiger partial charge in [0, 0.05) is 23.2 Å². The summed E-state index contributed by atoms with van der Waals surface area (Å²) < 4.78 is 5.59. The quantitative estimate of drug-likeness (QED) is 0.756. The zero-order valence-electron chi connectivity index (χ0n) is 10.3. The first-order valence-electron chi connectivity index (χ1n) is 6.09. The normalized spacial score (nSPS) is 17.7. The Bertz CT molecular complexity index is 511. The maximum Gasteiger partial charge on any atom is 0.123 e. The first-order chi connectivity index (χ1) is 8.34. The van der Waals surface area contributed by atoms with Crippen molar-refractivity contribution >= 4 is 10.9 Å². The standard InChI is InChI=1S/C12H12N2O.C2H6/c13-8-6-10-9-2-1-5-14-11(9)3-4-12(10)15-7-8;1-2/h1-5,8H,6-7,13H2;1-2H3. The van der Waals surface area contributed by atoms with Gasteiger partial charge in [-0.1, -0.05) is 19.9 Å². The van der Waals surface area contributed by atoms with Crippen LogP contribution >= 0.6 is 0 Å². The first kappa shape index (κ1) is 11.9. The maximum atomic E-state index is 5.90. The molecule has 1 aromatic heterocycles. The predicted molar refractivity (Wildman–Crippen MR) is 70.3 cm³/mol. The van der Waals surface area contributed by atoms with Gasteiger partial charge in [-0.25, -0.2) is 0 Å². The molecule has 2 N–H and O–H groups in total. The van der Waals surface area contributed by atoms with Gasteiger partial charge in [0.1, 0.15) is 12.4 Å². The van der Waals surface area contributed by atoms with Crippen LogP contribution in [-0.4, -0.2) is 17.6 Å². The maximum absolute atomic E-state index is 5.90. The molecule has 1 aliphatic heterocycles. The smallest absolute Gasteiger partial charge is 0.123 e. The molecule has 2 heterocycles. The molecule has 3 rings (SSSR count). The molecule has 3 heteroatoms. The van der Waals surface area contributed by atoms with E-state index in [1.807, 2.05) is 32.0 Å². The molecule has 0 radical (unpaired) electrons. The highest BCUT2D eigenvalue weighted by Crippen LogP contribution is 2.30. The minimum Gasteiger partial charge on any atom is -0.492 e. The van der Waals surface area contributed by atoms with Crippen LogP contribution in [0.5, 0.6) is 5.75 Å². The summed E-state index contributed by atoms with van der Waals surface area (Å²) in [6, 6.07) is 8.09. The van der Waals surface area contributed by atoms with Gasteiger partial charge in [0.05, 0.1) is 5.52 Å². The molecule has 1 atom stereocenters. The Labute approximate surface area is 102 Å². The van der Waals surface area contributed by atoms with E-state index in [4.69, 9.17) is 10.5 Å². The van der Waals surface area contributed by atoms with Gasteiger partial charge < -0.3 is 10.5 Å². The van der Waals surface area contributed by atoms with Crippen molar-refractivity contribution in [2.45, 2.75) is 26.3 Å². The van der Waals surface area contributed by atoms with Gasteiger partial charge in [-0.15, -0.1) is 0 Å². The zero-order valence-corrected chi connectivity index (χ0v) is 10.3. The molecule has 0 aliphatic carbocycles. The molecule has 0 saturated carbocycles. The SMILES string of the molecule is CC.NC1COc2ccc3ncccc3c2C1. The van der Waals surface area contributed by atoms with Gasteiger partial charge >= 0.3 is 0 Å². The lowest BCUT2D eigenvalue weighted by Gasteiger charge is -2.23. The molecule has 1 unspecified atom stereocenters. The highest BCUT2D eigenvalue weighted by molar-refractivity contribution is 5.84. The van der Waals surface area contributed by atoms with Crippen molar-refractivity contribution in [3.63, 3.8) is 0 Å². The lowest BCUT2D eigenvalue weighted by atomic mass is 9.98. The van der Waals surface area contributed by atoms with Crippen molar-refractivity contribution in [1.29, 1.82) is 0 Å². The van der Waals surface area contributed by atoms with Crippen LogP contribution < -0.4 is 10.5 Å². The second-order valence-electron chi connectivity index (χ2n) is 3.89. The van der Waals surface area contributed by atoms with Crippen molar-refractivity contribution in [1.82, 2.24) is 4.98 Å². The average Bonchev–Trinajstić information content (AvgIpc) is 2.41. The van der Waals surface area contributed by atoms with Crippen molar-refractivity contribution in [2.75, 3.05) is 6.61 Å². The van der Waals surface area contributed by atoms with Gasteiger partial charge in [-0.05, 0) is 24.6 Å². The molecular weight excluding hydrogens is 212 g/mol. The number of nitrogens with zero attached hydrogens (tertiary/aromatic N) is 1. The van der Waals surface area contributed by atoms with Gasteiger partial charge in [0.25, 0.3) is 0 Å². The first-order valence-corrected chi connectivity index (χ1v) is 6.09. The predicted octanol–water partition coefficient (Wildman–Crippen LogP) is 2.52. The fourth-order valence-electron chi connectivity index (χ4n) is 2.06. The number of ether oxygens (including phenoxy) is 1. The lowest BCUT2D eigenvalue weighted by molar-refractivity contribution is 0.264. The van der Waals surface area contributed by atoms with E-state index in [0.29, 0.717) is 6.61 Å². The van der Waals surface area contributed by atoms with Crippen molar-refractivity contribution in [3.05, 3.63) is 36.0 Å². The van der Waals surface area contributed by atoms with Crippen molar-refractivity contribution < 1.29 is 4.74 Å². The van der Waals surface area contributed by atoms with Crippen molar-refractivity contribution in [2.24, 2.45) is 5.73 Å². The molecule has 1 aliphatic rings. The third-order valence-electron chi connectivity index (χ3n) is 2.77. The number of pyridine rings is 1. The number of hydrogen-bond donors (Lipinski definition) is 1. The summed E-state index contributed by atoms with van der Waals surface area (Å²) in [4.78, 5) is 4.32. The molecule has 0 fully saturated rings. The molecule has 1 aromatic carbocycles. The molecular formula is C14H18N2O. The molecule has 0 spiro atoms. The number of nitrogens with two attached hydrogens (primary N) is 1. The van der Waals surface area contributed by atoms with Crippen LogP contribution in [0.2, 0.25) is 0 Å².